The molecule has 0 radical (unpaired) electrons. The van der Waals surface area contributed by atoms with E-state index in [1.54, 1.807) is 11.3 Å². The van der Waals surface area contributed by atoms with Gasteiger partial charge in [-0.25, -0.2) is 4.98 Å². The summed E-state index contributed by atoms with van der Waals surface area (Å²) in [5.74, 6) is 2.68. The van der Waals surface area contributed by atoms with E-state index in [-0.39, 0.29) is 11.4 Å². The van der Waals surface area contributed by atoms with Crippen LogP contribution in [0.25, 0.3) is 10.2 Å². The van der Waals surface area contributed by atoms with E-state index in [0.717, 1.165) is 33.5 Å². The molecule has 6 rings (SSSR count). The SMILES string of the molecule is O=C(NC12CC3CC(CC(C3)C1)C2)c1ccc2ncsc2c1. The lowest BCUT2D eigenvalue weighted by atomic mass is 9.53. The molecule has 3 nitrogen and oxygen atoms in total. The first kappa shape index (κ1) is 13.1. The summed E-state index contributed by atoms with van der Waals surface area (Å²) >= 11 is 1.60. The molecule has 0 unspecified atom stereocenters. The zero-order valence-electron chi connectivity index (χ0n) is 12.5. The topological polar surface area (TPSA) is 42.0 Å². The fraction of sp³-hybridized carbons (Fsp3) is 0.556. The zero-order valence-corrected chi connectivity index (χ0v) is 13.4. The number of hydrogen-bond donors (Lipinski definition) is 1. The van der Waals surface area contributed by atoms with Crippen LogP contribution in [-0.2, 0) is 0 Å². The number of hydrogen-bond acceptors (Lipinski definition) is 3. The van der Waals surface area contributed by atoms with Crippen LogP contribution in [-0.4, -0.2) is 16.4 Å². The van der Waals surface area contributed by atoms with Crippen LogP contribution in [0.5, 0.6) is 0 Å². The lowest BCUT2D eigenvalue weighted by Gasteiger charge is -2.56. The third-order valence-electron chi connectivity index (χ3n) is 6.01. The maximum atomic E-state index is 12.8. The van der Waals surface area contributed by atoms with Crippen molar-refractivity contribution in [3.05, 3.63) is 29.3 Å². The van der Waals surface area contributed by atoms with Gasteiger partial charge in [0.2, 0.25) is 0 Å². The fourth-order valence-corrected chi connectivity index (χ4v) is 6.29. The Kier molecular flexibility index (Phi) is 2.70. The Hall–Kier alpha value is -1.42. The molecule has 1 amide bonds. The average molecular weight is 312 g/mol. The standard InChI is InChI=1S/C18H20N2OS/c21-17(14-1-2-15-16(6-14)22-10-19-15)20-18-7-11-3-12(8-18)5-13(4-11)9-18/h1-2,6,10-13H,3-5,7-9H2,(H,20,21). The molecule has 4 aliphatic rings. The van der Waals surface area contributed by atoms with Gasteiger partial charge in [0, 0.05) is 11.1 Å². The summed E-state index contributed by atoms with van der Waals surface area (Å²) in [6.45, 7) is 0. The van der Waals surface area contributed by atoms with Crippen LogP contribution in [0.1, 0.15) is 48.9 Å². The maximum absolute atomic E-state index is 12.8. The molecule has 22 heavy (non-hydrogen) atoms. The van der Waals surface area contributed by atoms with Gasteiger partial charge in [-0.1, -0.05) is 0 Å². The fourth-order valence-electron chi connectivity index (χ4n) is 5.57. The van der Waals surface area contributed by atoms with Crippen LogP contribution >= 0.6 is 11.3 Å². The number of carbonyl (C=O) groups excluding carboxylic acids is 1. The Balaban J connectivity index is 1.42. The van der Waals surface area contributed by atoms with Gasteiger partial charge >= 0.3 is 0 Å². The van der Waals surface area contributed by atoms with Gasteiger partial charge in [-0.15, -0.1) is 11.3 Å². The molecule has 4 saturated carbocycles. The Morgan fingerprint density at radius 1 is 1.14 bits per heavy atom. The van der Waals surface area contributed by atoms with Crippen molar-refractivity contribution in [3.8, 4) is 0 Å². The third kappa shape index (κ3) is 2.00. The molecular formula is C18H20N2OS. The van der Waals surface area contributed by atoms with Crippen molar-refractivity contribution >= 4 is 27.5 Å². The van der Waals surface area contributed by atoms with E-state index in [1.807, 2.05) is 23.7 Å². The number of aromatic nitrogens is 1. The van der Waals surface area contributed by atoms with Gasteiger partial charge in [-0.05, 0) is 74.5 Å². The normalized spacial score (nSPS) is 35.9. The number of nitrogens with zero attached hydrogens (tertiary/aromatic N) is 1. The van der Waals surface area contributed by atoms with Crippen LogP contribution < -0.4 is 5.32 Å². The highest BCUT2D eigenvalue weighted by molar-refractivity contribution is 7.16. The molecule has 1 N–H and O–H groups in total. The van der Waals surface area contributed by atoms with Gasteiger partial charge in [-0.3, -0.25) is 4.79 Å². The van der Waals surface area contributed by atoms with E-state index in [4.69, 9.17) is 0 Å². The lowest BCUT2D eigenvalue weighted by molar-refractivity contribution is -0.0166. The number of amides is 1. The summed E-state index contributed by atoms with van der Waals surface area (Å²) in [5.41, 5.74) is 3.70. The Bertz CT molecular complexity index is 715. The van der Waals surface area contributed by atoms with Crippen LogP contribution in [0.4, 0.5) is 0 Å². The van der Waals surface area contributed by atoms with Gasteiger partial charge in [0.05, 0.1) is 15.7 Å². The van der Waals surface area contributed by atoms with Crippen LogP contribution in [0.3, 0.4) is 0 Å². The maximum Gasteiger partial charge on any atom is 0.251 e. The minimum absolute atomic E-state index is 0.0918. The van der Waals surface area contributed by atoms with Crippen molar-refractivity contribution < 1.29 is 4.79 Å². The number of carbonyl (C=O) groups is 1. The molecule has 1 aromatic carbocycles. The first-order valence-electron chi connectivity index (χ1n) is 8.35. The number of nitrogens with one attached hydrogen (secondary N) is 1. The van der Waals surface area contributed by atoms with Crippen LogP contribution in [0, 0.1) is 17.8 Å². The van der Waals surface area contributed by atoms with Gasteiger partial charge in [0.1, 0.15) is 0 Å². The van der Waals surface area contributed by atoms with Crippen molar-refractivity contribution in [2.45, 2.75) is 44.1 Å². The second-order valence-electron chi connectivity index (χ2n) is 7.69. The summed E-state index contributed by atoms with van der Waals surface area (Å²) in [6, 6.07) is 5.86. The molecular weight excluding hydrogens is 292 g/mol. The van der Waals surface area contributed by atoms with Gasteiger partial charge in [-0.2, -0.15) is 0 Å². The van der Waals surface area contributed by atoms with Crippen molar-refractivity contribution in [2.24, 2.45) is 17.8 Å². The largest absolute Gasteiger partial charge is 0.347 e. The minimum atomic E-state index is 0.0918. The molecule has 0 spiro atoms. The molecule has 1 aromatic heterocycles. The first-order chi connectivity index (χ1) is 10.7. The third-order valence-corrected chi connectivity index (χ3v) is 6.80. The Morgan fingerprint density at radius 2 is 1.82 bits per heavy atom. The minimum Gasteiger partial charge on any atom is -0.347 e. The van der Waals surface area contributed by atoms with Gasteiger partial charge in [0.25, 0.3) is 5.91 Å². The molecule has 0 saturated heterocycles. The van der Waals surface area contributed by atoms with E-state index in [2.05, 4.69) is 10.3 Å². The number of benzene rings is 1. The summed E-state index contributed by atoms with van der Waals surface area (Å²) < 4.78 is 1.10. The predicted molar refractivity (Wildman–Crippen MR) is 88.0 cm³/mol. The summed E-state index contributed by atoms with van der Waals surface area (Å²) in [5, 5.41) is 3.44. The first-order valence-corrected chi connectivity index (χ1v) is 9.23. The highest BCUT2D eigenvalue weighted by Gasteiger charge is 2.51. The monoisotopic (exact) mass is 312 g/mol. The van der Waals surface area contributed by atoms with Crippen LogP contribution in [0.15, 0.2) is 23.7 Å². The summed E-state index contributed by atoms with van der Waals surface area (Å²) in [4.78, 5) is 17.1. The zero-order chi connectivity index (χ0) is 14.7. The predicted octanol–water partition coefficient (Wildman–Crippen LogP) is 3.99. The van der Waals surface area contributed by atoms with Crippen molar-refractivity contribution in [3.63, 3.8) is 0 Å². The van der Waals surface area contributed by atoms with E-state index in [9.17, 15) is 4.79 Å². The number of fused-ring (bicyclic) bond motifs is 1. The second-order valence-corrected chi connectivity index (χ2v) is 8.57. The van der Waals surface area contributed by atoms with Crippen molar-refractivity contribution in [1.29, 1.82) is 0 Å². The molecule has 0 aliphatic heterocycles. The molecule has 0 atom stereocenters. The molecule has 4 fully saturated rings. The molecule has 114 valence electrons. The van der Waals surface area contributed by atoms with E-state index < -0.39 is 0 Å². The summed E-state index contributed by atoms with van der Waals surface area (Å²) in [7, 11) is 0. The molecule has 4 aliphatic carbocycles. The number of thiazole rings is 1. The second kappa shape index (κ2) is 4.54. The van der Waals surface area contributed by atoms with E-state index >= 15 is 0 Å². The molecule has 4 bridgehead atoms. The quantitative estimate of drug-likeness (QED) is 0.911. The Morgan fingerprint density at radius 3 is 2.50 bits per heavy atom. The summed E-state index contributed by atoms with van der Waals surface area (Å²) in [6.07, 6.45) is 7.82. The van der Waals surface area contributed by atoms with Crippen LogP contribution in [0.2, 0.25) is 0 Å². The van der Waals surface area contributed by atoms with E-state index in [1.165, 1.54) is 38.5 Å². The van der Waals surface area contributed by atoms with Gasteiger partial charge < -0.3 is 5.32 Å². The average Bonchev–Trinajstić information content (AvgIpc) is 2.92. The van der Waals surface area contributed by atoms with E-state index in [0.29, 0.717) is 0 Å². The van der Waals surface area contributed by atoms with Gasteiger partial charge in [0.15, 0.2) is 0 Å². The molecule has 2 aromatic rings. The lowest BCUT2D eigenvalue weighted by Crippen LogP contribution is -2.59. The molecule has 1 heterocycles. The Labute approximate surface area is 134 Å². The molecule has 4 heteroatoms. The smallest absolute Gasteiger partial charge is 0.251 e. The highest BCUT2D eigenvalue weighted by atomic mass is 32.1. The highest BCUT2D eigenvalue weighted by Crippen LogP contribution is 2.55. The van der Waals surface area contributed by atoms with Crippen molar-refractivity contribution in [1.82, 2.24) is 10.3 Å². The number of rotatable bonds is 2. The van der Waals surface area contributed by atoms with Crippen molar-refractivity contribution in [2.75, 3.05) is 0 Å².